The maximum Gasteiger partial charge on any atom is 0.00682 e. The van der Waals surface area contributed by atoms with Crippen molar-refractivity contribution in [1.82, 2.24) is 10.2 Å². The minimum absolute atomic E-state index is 0.577. The fraction of sp³-hybridized carbons (Fsp3) is 1.00. The summed E-state index contributed by atoms with van der Waals surface area (Å²) < 4.78 is 0. The van der Waals surface area contributed by atoms with Crippen LogP contribution in [-0.4, -0.2) is 37.1 Å². The van der Waals surface area contributed by atoms with Crippen LogP contribution < -0.4 is 5.32 Å². The predicted molar refractivity (Wildman–Crippen MR) is 69.7 cm³/mol. The molecule has 2 nitrogen and oxygen atoms in total. The zero-order valence-corrected chi connectivity index (χ0v) is 11.1. The average molecular weight is 224 g/mol. The zero-order valence-electron chi connectivity index (χ0n) is 11.1. The fourth-order valence-electron chi connectivity index (χ4n) is 2.65. The maximum absolute atomic E-state index is 3.58. The highest BCUT2D eigenvalue weighted by Gasteiger charge is 2.28. The molecule has 0 atom stereocenters. The van der Waals surface area contributed by atoms with Gasteiger partial charge in [-0.05, 0) is 57.2 Å². The number of hydrogen-bond donors (Lipinski definition) is 1. The van der Waals surface area contributed by atoms with Gasteiger partial charge in [-0.3, -0.25) is 0 Å². The fourth-order valence-corrected chi connectivity index (χ4v) is 2.65. The first kappa shape index (κ1) is 12.4. The molecule has 1 saturated heterocycles. The Morgan fingerprint density at radius 1 is 1.19 bits per heavy atom. The summed E-state index contributed by atoms with van der Waals surface area (Å²) in [4.78, 5) is 2.65. The van der Waals surface area contributed by atoms with Crippen LogP contribution in [0.1, 0.15) is 52.4 Å². The molecule has 94 valence electrons. The van der Waals surface area contributed by atoms with Crippen LogP contribution in [0.15, 0.2) is 0 Å². The largest absolute Gasteiger partial charge is 0.314 e. The molecule has 0 aromatic heterocycles. The van der Waals surface area contributed by atoms with Gasteiger partial charge in [0, 0.05) is 12.6 Å². The molecule has 1 aliphatic carbocycles. The van der Waals surface area contributed by atoms with Gasteiger partial charge < -0.3 is 10.2 Å². The third kappa shape index (κ3) is 4.42. The molecule has 1 saturated carbocycles. The quantitative estimate of drug-likeness (QED) is 0.669. The molecule has 0 amide bonds. The van der Waals surface area contributed by atoms with E-state index < -0.39 is 0 Å². The van der Waals surface area contributed by atoms with Gasteiger partial charge in [0.1, 0.15) is 0 Å². The first-order valence-corrected chi connectivity index (χ1v) is 7.11. The summed E-state index contributed by atoms with van der Waals surface area (Å²) in [6, 6.07) is 0.888. The summed E-state index contributed by atoms with van der Waals surface area (Å²) in [6.45, 7) is 10.0. The highest BCUT2D eigenvalue weighted by Crippen LogP contribution is 2.28. The van der Waals surface area contributed by atoms with Crippen molar-refractivity contribution >= 4 is 0 Å². The summed E-state index contributed by atoms with van der Waals surface area (Å²) in [7, 11) is 0. The molecule has 0 radical (unpaired) electrons. The highest BCUT2D eigenvalue weighted by molar-refractivity contribution is 4.82. The molecule has 2 rings (SSSR count). The first-order valence-electron chi connectivity index (χ1n) is 7.11. The van der Waals surface area contributed by atoms with Crippen molar-refractivity contribution < 1.29 is 0 Å². The Hall–Kier alpha value is -0.0800. The second-order valence-corrected chi connectivity index (χ2v) is 6.48. The highest BCUT2D eigenvalue weighted by atomic mass is 15.1. The Balaban J connectivity index is 1.42. The van der Waals surface area contributed by atoms with Gasteiger partial charge in [-0.1, -0.05) is 20.3 Å². The van der Waals surface area contributed by atoms with Crippen LogP contribution in [0.5, 0.6) is 0 Å². The Morgan fingerprint density at radius 3 is 2.62 bits per heavy atom. The number of nitrogens with zero attached hydrogens (tertiary/aromatic N) is 1. The maximum atomic E-state index is 3.58. The van der Waals surface area contributed by atoms with Crippen molar-refractivity contribution in [3.63, 3.8) is 0 Å². The number of unbranched alkanes of at least 4 members (excludes halogenated alkanes) is 2. The van der Waals surface area contributed by atoms with E-state index in [1.165, 1.54) is 64.7 Å². The predicted octanol–water partition coefficient (Wildman–Crippen LogP) is 2.64. The minimum atomic E-state index is 0.577. The van der Waals surface area contributed by atoms with Gasteiger partial charge in [-0.15, -0.1) is 0 Å². The average Bonchev–Trinajstić information content (AvgIpc) is 2.97. The van der Waals surface area contributed by atoms with E-state index in [1.54, 1.807) is 0 Å². The van der Waals surface area contributed by atoms with E-state index in [-0.39, 0.29) is 0 Å². The van der Waals surface area contributed by atoms with Gasteiger partial charge in [0.15, 0.2) is 0 Å². The molecule has 0 bridgehead atoms. The van der Waals surface area contributed by atoms with Crippen LogP contribution in [0.2, 0.25) is 0 Å². The normalized spacial score (nSPS) is 25.1. The van der Waals surface area contributed by atoms with Gasteiger partial charge in [0.2, 0.25) is 0 Å². The van der Waals surface area contributed by atoms with E-state index >= 15 is 0 Å². The Morgan fingerprint density at radius 2 is 2.00 bits per heavy atom. The van der Waals surface area contributed by atoms with Crippen molar-refractivity contribution in [2.24, 2.45) is 5.41 Å². The number of nitrogens with one attached hydrogen (secondary N) is 1. The molecule has 1 heterocycles. The van der Waals surface area contributed by atoms with E-state index in [4.69, 9.17) is 0 Å². The third-order valence-electron chi connectivity index (χ3n) is 3.92. The summed E-state index contributed by atoms with van der Waals surface area (Å²) in [5.41, 5.74) is 0.577. The minimum Gasteiger partial charge on any atom is -0.314 e. The molecule has 2 fully saturated rings. The standard InChI is InChI=1S/C14H28N2/c1-14(2)8-11-16(12-14)10-5-3-4-9-15-13-6-7-13/h13,15H,3-12H2,1-2H3. The lowest BCUT2D eigenvalue weighted by molar-refractivity contribution is 0.285. The molecule has 2 heteroatoms. The summed E-state index contributed by atoms with van der Waals surface area (Å²) in [6.07, 6.45) is 8.38. The molecule has 2 aliphatic rings. The lowest BCUT2D eigenvalue weighted by Crippen LogP contribution is -2.24. The number of hydrogen-bond acceptors (Lipinski definition) is 2. The van der Waals surface area contributed by atoms with Crippen molar-refractivity contribution in [3.8, 4) is 0 Å². The van der Waals surface area contributed by atoms with Crippen molar-refractivity contribution in [2.45, 2.75) is 58.4 Å². The lowest BCUT2D eigenvalue weighted by atomic mass is 9.93. The van der Waals surface area contributed by atoms with Crippen LogP contribution in [-0.2, 0) is 0 Å². The van der Waals surface area contributed by atoms with Crippen LogP contribution in [0.25, 0.3) is 0 Å². The molecule has 0 unspecified atom stereocenters. The van der Waals surface area contributed by atoms with Gasteiger partial charge in [-0.2, -0.15) is 0 Å². The SMILES string of the molecule is CC1(C)CCN(CCCCCNC2CC2)C1. The molecule has 0 aromatic carbocycles. The molecule has 1 aliphatic heterocycles. The summed E-state index contributed by atoms with van der Waals surface area (Å²) in [5.74, 6) is 0. The van der Waals surface area contributed by atoms with E-state index in [0.29, 0.717) is 5.41 Å². The Bertz CT molecular complexity index is 209. The lowest BCUT2D eigenvalue weighted by Gasteiger charge is -2.19. The van der Waals surface area contributed by atoms with E-state index in [1.807, 2.05) is 0 Å². The van der Waals surface area contributed by atoms with Gasteiger partial charge in [0.25, 0.3) is 0 Å². The van der Waals surface area contributed by atoms with Crippen molar-refractivity contribution in [1.29, 1.82) is 0 Å². The smallest absolute Gasteiger partial charge is 0.00682 e. The van der Waals surface area contributed by atoms with Gasteiger partial charge in [0.05, 0.1) is 0 Å². The monoisotopic (exact) mass is 224 g/mol. The first-order chi connectivity index (χ1) is 7.66. The molecular formula is C14H28N2. The van der Waals surface area contributed by atoms with E-state index in [0.717, 1.165) is 6.04 Å². The molecule has 0 spiro atoms. The molecule has 16 heavy (non-hydrogen) atoms. The van der Waals surface area contributed by atoms with E-state index in [2.05, 4.69) is 24.1 Å². The van der Waals surface area contributed by atoms with Crippen LogP contribution >= 0.6 is 0 Å². The van der Waals surface area contributed by atoms with E-state index in [9.17, 15) is 0 Å². The second kappa shape index (κ2) is 5.50. The van der Waals surface area contributed by atoms with Gasteiger partial charge in [-0.25, -0.2) is 0 Å². The summed E-state index contributed by atoms with van der Waals surface area (Å²) in [5, 5.41) is 3.58. The van der Waals surface area contributed by atoms with Crippen LogP contribution in [0.3, 0.4) is 0 Å². The summed E-state index contributed by atoms with van der Waals surface area (Å²) >= 11 is 0. The van der Waals surface area contributed by atoms with Crippen molar-refractivity contribution in [2.75, 3.05) is 26.2 Å². The third-order valence-corrected chi connectivity index (χ3v) is 3.92. The molecule has 0 aromatic rings. The topological polar surface area (TPSA) is 15.3 Å². The van der Waals surface area contributed by atoms with Crippen molar-refractivity contribution in [3.05, 3.63) is 0 Å². The number of likely N-dealkylation sites (tertiary alicyclic amines) is 1. The molecule has 1 N–H and O–H groups in total. The zero-order chi connectivity index (χ0) is 11.4. The number of rotatable bonds is 7. The van der Waals surface area contributed by atoms with Crippen LogP contribution in [0, 0.1) is 5.41 Å². The Labute approximate surface area is 101 Å². The Kier molecular flexibility index (Phi) is 4.26. The second-order valence-electron chi connectivity index (χ2n) is 6.48. The van der Waals surface area contributed by atoms with Crippen LogP contribution in [0.4, 0.5) is 0 Å². The van der Waals surface area contributed by atoms with Gasteiger partial charge >= 0.3 is 0 Å². The molecular weight excluding hydrogens is 196 g/mol.